The molecule has 4 aromatic rings. The van der Waals surface area contributed by atoms with Crippen LogP contribution in [0.1, 0.15) is 63.1 Å². The van der Waals surface area contributed by atoms with Gasteiger partial charge in [-0.25, -0.2) is 4.79 Å². The zero-order chi connectivity index (χ0) is 29.8. The highest BCUT2D eigenvalue weighted by Gasteiger charge is 2.34. The van der Waals surface area contributed by atoms with Gasteiger partial charge in [0, 0.05) is 22.9 Å². The quantitative estimate of drug-likeness (QED) is 0.205. The van der Waals surface area contributed by atoms with Crippen LogP contribution in [0.5, 0.6) is 0 Å². The lowest BCUT2D eigenvalue weighted by molar-refractivity contribution is -0.118. The fourth-order valence-corrected chi connectivity index (χ4v) is 4.80. The summed E-state index contributed by atoms with van der Waals surface area (Å²) in [6.45, 7) is 10.6. The molecule has 3 aromatic carbocycles. The Balaban J connectivity index is 1.67. The van der Waals surface area contributed by atoms with Gasteiger partial charge in [0.1, 0.15) is 22.9 Å². The maximum Gasteiger partial charge on any atom is 0.408 e. The van der Waals surface area contributed by atoms with Crippen molar-refractivity contribution >= 4 is 17.7 Å². The van der Waals surface area contributed by atoms with Crippen molar-refractivity contribution in [2.45, 2.75) is 64.7 Å². The van der Waals surface area contributed by atoms with Crippen molar-refractivity contribution in [2.24, 2.45) is 0 Å². The Bertz CT molecular complexity index is 1430. The average molecular weight is 555 g/mol. The first-order chi connectivity index (χ1) is 19.3. The normalized spacial score (nSPS) is 12.6. The first-order valence-electron chi connectivity index (χ1n) is 13.6. The van der Waals surface area contributed by atoms with Gasteiger partial charge in [0.2, 0.25) is 5.91 Å². The van der Waals surface area contributed by atoms with Crippen LogP contribution in [0.25, 0.3) is 11.1 Å². The van der Waals surface area contributed by atoms with Crippen molar-refractivity contribution in [3.8, 4) is 11.1 Å². The van der Waals surface area contributed by atoms with E-state index in [2.05, 4.69) is 20.8 Å². The van der Waals surface area contributed by atoms with Gasteiger partial charge >= 0.3 is 6.09 Å². The van der Waals surface area contributed by atoms with E-state index in [4.69, 9.17) is 4.74 Å². The molecule has 1 unspecified atom stereocenters. The molecule has 0 aliphatic heterocycles. The number of aliphatic hydroxyl groups is 1. The summed E-state index contributed by atoms with van der Waals surface area (Å²) in [6, 6.07) is 25.6. The number of alkyl carbamates (subject to hydrolysis) is 1. The molecule has 2 amide bonds. The third-order valence-corrected chi connectivity index (χ3v) is 6.57. The lowest BCUT2D eigenvalue weighted by atomic mass is 9.84. The summed E-state index contributed by atoms with van der Waals surface area (Å²) in [6.07, 6.45) is -0.681. The number of aromatic nitrogens is 2. The molecule has 0 radical (unpaired) electrons. The zero-order valence-corrected chi connectivity index (χ0v) is 24.4. The van der Waals surface area contributed by atoms with Crippen LogP contribution < -0.4 is 10.6 Å². The van der Waals surface area contributed by atoms with Crippen molar-refractivity contribution in [1.29, 1.82) is 0 Å². The van der Waals surface area contributed by atoms with Gasteiger partial charge in [0.05, 0.1) is 0 Å². The topological polar surface area (TPSA) is 116 Å². The number of aromatic amines is 1. The first-order valence-corrected chi connectivity index (χ1v) is 13.6. The monoisotopic (exact) mass is 554 g/mol. The number of carbonyl (C=O) groups is 2. The van der Waals surface area contributed by atoms with Gasteiger partial charge in [-0.1, -0.05) is 72.8 Å². The number of H-pyrrole nitrogens is 1. The summed E-state index contributed by atoms with van der Waals surface area (Å²) in [5, 5.41) is 23.6. The number of hydrogen-bond acceptors (Lipinski definition) is 5. The highest BCUT2D eigenvalue weighted by Crippen LogP contribution is 2.34. The molecule has 0 saturated heterocycles. The first kappa shape index (κ1) is 29.6. The molecule has 8 nitrogen and oxygen atoms in total. The van der Waals surface area contributed by atoms with Crippen LogP contribution in [0, 0.1) is 6.92 Å². The summed E-state index contributed by atoms with van der Waals surface area (Å²) < 4.78 is 5.54. The molecule has 0 aliphatic carbocycles. The van der Waals surface area contributed by atoms with Crippen LogP contribution >= 0.6 is 0 Å². The second-order valence-electron chi connectivity index (χ2n) is 11.6. The summed E-state index contributed by atoms with van der Waals surface area (Å²) in [5.41, 5.74) is 3.48. The van der Waals surface area contributed by atoms with Gasteiger partial charge in [0.15, 0.2) is 0 Å². The third kappa shape index (κ3) is 7.41. The van der Waals surface area contributed by atoms with Crippen LogP contribution in [0.3, 0.4) is 0 Å². The fourth-order valence-electron chi connectivity index (χ4n) is 4.80. The second-order valence-corrected chi connectivity index (χ2v) is 11.6. The molecule has 4 N–H and O–H groups in total. The van der Waals surface area contributed by atoms with Crippen molar-refractivity contribution in [3.05, 3.63) is 107 Å². The van der Waals surface area contributed by atoms with E-state index < -0.39 is 35.2 Å². The number of nitrogens with zero attached hydrogens (tertiary/aromatic N) is 1. The summed E-state index contributed by atoms with van der Waals surface area (Å²) in [5.74, 6) is -0.870. The van der Waals surface area contributed by atoms with Crippen molar-refractivity contribution in [3.63, 3.8) is 0 Å². The van der Waals surface area contributed by atoms with Crippen molar-refractivity contribution < 1.29 is 19.4 Å². The zero-order valence-electron chi connectivity index (χ0n) is 24.4. The van der Waals surface area contributed by atoms with E-state index in [1.54, 1.807) is 46.8 Å². The summed E-state index contributed by atoms with van der Waals surface area (Å²) in [7, 11) is 0. The fraction of sp³-hybridized carbons (Fsp3) is 0.303. The number of carbonyl (C=O) groups excluding carboxylic acids is 2. The van der Waals surface area contributed by atoms with E-state index in [1.807, 2.05) is 79.7 Å². The van der Waals surface area contributed by atoms with Gasteiger partial charge in [0.25, 0.3) is 0 Å². The Hall–Kier alpha value is -4.43. The molecule has 214 valence electrons. The Kier molecular flexibility index (Phi) is 8.63. The SMILES string of the molecule is Cc1[nH]nc(C(C)(C)O)c1-c1ccc(NC(=O)C(NC(=O)OC(C)(C)C)C(c2ccccc2)c2ccccc2)cc1. The third-order valence-electron chi connectivity index (χ3n) is 6.57. The molecule has 0 bridgehead atoms. The molecular formula is C33H38N4O4. The Morgan fingerprint density at radius 1 is 0.854 bits per heavy atom. The molecule has 4 rings (SSSR count). The number of rotatable bonds is 8. The Morgan fingerprint density at radius 2 is 1.39 bits per heavy atom. The average Bonchev–Trinajstić information content (AvgIpc) is 3.31. The number of hydrogen-bond donors (Lipinski definition) is 4. The molecule has 41 heavy (non-hydrogen) atoms. The molecule has 0 fully saturated rings. The standard InChI is InChI=1S/C33H38N4O4/c1-21-26(29(37-36-21)33(5,6)40)24-17-19-25(20-18-24)34-30(38)28(35-31(39)41-32(2,3)4)27(22-13-9-7-10-14-22)23-15-11-8-12-16-23/h7-20,27-28,40H,1-6H3,(H,34,38)(H,35,39)(H,36,37). The van der Waals surface area contributed by atoms with E-state index in [0.717, 1.165) is 27.9 Å². The maximum absolute atomic E-state index is 13.9. The minimum atomic E-state index is -1.13. The van der Waals surface area contributed by atoms with Gasteiger partial charge < -0.3 is 20.5 Å². The molecule has 1 atom stereocenters. The Labute approximate surface area is 241 Å². The number of ether oxygens (including phenoxy) is 1. The lowest BCUT2D eigenvalue weighted by Gasteiger charge is -2.29. The maximum atomic E-state index is 13.9. The van der Waals surface area contributed by atoms with Crippen LogP contribution in [0.4, 0.5) is 10.5 Å². The van der Waals surface area contributed by atoms with Crippen molar-refractivity contribution in [1.82, 2.24) is 15.5 Å². The predicted molar refractivity (Wildman–Crippen MR) is 161 cm³/mol. The Morgan fingerprint density at radius 3 is 1.88 bits per heavy atom. The van der Waals surface area contributed by atoms with E-state index in [1.165, 1.54) is 0 Å². The van der Waals surface area contributed by atoms with Gasteiger partial charge in [-0.05, 0) is 70.4 Å². The van der Waals surface area contributed by atoms with Crippen LogP contribution in [-0.4, -0.2) is 38.9 Å². The van der Waals surface area contributed by atoms with Crippen molar-refractivity contribution in [2.75, 3.05) is 5.32 Å². The molecule has 0 saturated carbocycles. The number of aryl methyl sites for hydroxylation is 1. The van der Waals surface area contributed by atoms with Crippen LogP contribution in [-0.2, 0) is 15.1 Å². The van der Waals surface area contributed by atoms with E-state index in [0.29, 0.717) is 11.4 Å². The molecule has 8 heteroatoms. The van der Waals surface area contributed by atoms with Gasteiger partial charge in [-0.2, -0.15) is 5.10 Å². The minimum absolute atomic E-state index is 0.391. The largest absolute Gasteiger partial charge is 0.444 e. The minimum Gasteiger partial charge on any atom is -0.444 e. The predicted octanol–water partition coefficient (Wildman–Crippen LogP) is 6.28. The molecule has 0 spiro atoms. The van der Waals surface area contributed by atoms with E-state index in [-0.39, 0.29) is 0 Å². The number of nitrogens with one attached hydrogen (secondary N) is 3. The van der Waals surface area contributed by atoms with E-state index in [9.17, 15) is 14.7 Å². The second kappa shape index (κ2) is 12.0. The summed E-state index contributed by atoms with van der Waals surface area (Å²) in [4.78, 5) is 26.9. The van der Waals surface area contributed by atoms with Crippen LogP contribution in [0.15, 0.2) is 84.9 Å². The highest BCUT2D eigenvalue weighted by molar-refractivity contribution is 5.98. The molecular weight excluding hydrogens is 516 g/mol. The van der Waals surface area contributed by atoms with Crippen LogP contribution in [0.2, 0.25) is 0 Å². The molecule has 1 aromatic heterocycles. The summed E-state index contributed by atoms with van der Waals surface area (Å²) >= 11 is 0. The van der Waals surface area contributed by atoms with Gasteiger partial charge in [-0.15, -0.1) is 0 Å². The molecule has 1 heterocycles. The smallest absolute Gasteiger partial charge is 0.408 e. The number of benzene rings is 3. The van der Waals surface area contributed by atoms with E-state index >= 15 is 0 Å². The number of anilines is 1. The molecule has 0 aliphatic rings. The number of amides is 2. The highest BCUT2D eigenvalue weighted by atomic mass is 16.6. The van der Waals surface area contributed by atoms with Gasteiger partial charge in [-0.3, -0.25) is 9.89 Å². The lowest BCUT2D eigenvalue weighted by Crippen LogP contribution is -2.49.